The minimum absolute atomic E-state index is 0.0184. The highest BCUT2D eigenvalue weighted by molar-refractivity contribution is 7.93. The molecule has 0 aliphatic carbocycles. The van der Waals surface area contributed by atoms with Crippen molar-refractivity contribution in [2.75, 3.05) is 10.5 Å². The maximum Gasteiger partial charge on any atom is 0.264 e. The molecule has 106 valence electrons. The second-order valence-electron chi connectivity index (χ2n) is 4.29. The fraction of sp³-hybridized carbons (Fsp3) is 0.0769. The number of aryl methyl sites for hydroxylation is 1. The van der Waals surface area contributed by atoms with Gasteiger partial charge < -0.3 is 5.73 Å². The number of nitrogen functional groups attached to an aromatic ring is 1. The van der Waals surface area contributed by atoms with Crippen molar-refractivity contribution < 1.29 is 8.42 Å². The highest BCUT2D eigenvalue weighted by atomic mass is 35.5. The highest BCUT2D eigenvalue weighted by Gasteiger charge is 2.22. The summed E-state index contributed by atoms with van der Waals surface area (Å²) in [6.45, 7) is 1.86. The van der Waals surface area contributed by atoms with E-state index in [1.165, 1.54) is 12.1 Å². The lowest BCUT2D eigenvalue weighted by Gasteiger charge is -2.12. The molecule has 0 saturated carbocycles. The summed E-state index contributed by atoms with van der Waals surface area (Å²) in [6.07, 6.45) is 0. The Labute approximate surface area is 127 Å². The summed E-state index contributed by atoms with van der Waals surface area (Å²) in [4.78, 5) is -0.184. The molecule has 3 N–H and O–H groups in total. The monoisotopic (exact) mass is 330 g/mol. The molecular formula is C13H12Cl2N2O2S. The average molecular weight is 331 g/mol. The highest BCUT2D eigenvalue weighted by Crippen LogP contribution is 2.33. The van der Waals surface area contributed by atoms with Gasteiger partial charge in [0.25, 0.3) is 10.0 Å². The molecule has 0 spiro atoms. The first kappa shape index (κ1) is 15.0. The summed E-state index contributed by atoms with van der Waals surface area (Å²) < 4.78 is 27.1. The molecule has 2 rings (SSSR count). The Hall–Kier alpha value is -1.43. The fourth-order valence-electron chi connectivity index (χ4n) is 1.75. The van der Waals surface area contributed by atoms with Crippen LogP contribution in [-0.4, -0.2) is 8.42 Å². The molecule has 0 atom stereocenters. The second kappa shape index (κ2) is 5.52. The van der Waals surface area contributed by atoms with Crippen LogP contribution in [0, 0.1) is 6.92 Å². The smallest absolute Gasteiger partial charge is 0.264 e. The van der Waals surface area contributed by atoms with Gasteiger partial charge in [0.05, 0.1) is 10.0 Å². The largest absolute Gasteiger partial charge is 0.399 e. The van der Waals surface area contributed by atoms with Crippen molar-refractivity contribution in [1.82, 2.24) is 0 Å². The van der Waals surface area contributed by atoms with Crippen LogP contribution in [0.2, 0.25) is 10.0 Å². The van der Waals surface area contributed by atoms with Gasteiger partial charge in [-0.1, -0.05) is 35.3 Å². The van der Waals surface area contributed by atoms with E-state index in [0.717, 1.165) is 5.56 Å². The van der Waals surface area contributed by atoms with Crippen LogP contribution < -0.4 is 10.5 Å². The lowest BCUT2D eigenvalue weighted by atomic mass is 10.2. The van der Waals surface area contributed by atoms with Crippen LogP contribution in [0.4, 0.5) is 11.4 Å². The lowest BCUT2D eigenvalue weighted by Crippen LogP contribution is -2.14. The van der Waals surface area contributed by atoms with Gasteiger partial charge in [0.15, 0.2) is 0 Å². The van der Waals surface area contributed by atoms with Gasteiger partial charge in [-0.25, -0.2) is 8.42 Å². The Balaban J connectivity index is 2.46. The Morgan fingerprint density at radius 3 is 2.25 bits per heavy atom. The molecule has 2 aromatic rings. The van der Waals surface area contributed by atoms with Gasteiger partial charge >= 0.3 is 0 Å². The average Bonchev–Trinajstić information content (AvgIpc) is 2.25. The Kier molecular flexibility index (Phi) is 4.13. The normalized spacial score (nSPS) is 11.3. The molecule has 0 heterocycles. The molecule has 20 heavy (non-hydrogen) atoms. The van der Waals surface area contributed by atoms with Crippen molar-refractivity contribution in [3.8, 4) is 0 Å². The van der Waals surface area contributed by atoms with Gasteiger partial charge in [-0.2, -0.15) is 0 Å². The molecule has 0 radical (unpaired) electrons. The summed E-state index contributed by atoms with van der Waals surface area (Å²) in [6, 6.07) is 9.65. The van der Waals surface area contributed by atoms with E-state index in [9.17, 15) is 8.42 Å². The van der Waals surface area contributed by atoms with E-state index in [-0.39, 0.29) is 14.9 Å². The third-order valence-electron chi connectivity index (χ3n) is 2.56. The maximum absolute atomic E-state index is 12.3. The Bertz CT molecular complexity index is 738. The van der Waals surface area contributed by atoms with Gasteiger partial charge in [0.2, 0.25) is 0 Å². The molecule has 4 nitrogen and oxygen atoms in total. The van der Waals surface area contributed by atoms with Gasteiger partial charge in [-0.05, 0) is 36.8 Å². The molecule has 0 bridgehead atoms. The van der Waals surface area contributed by atoms with Gasteiger partial charge in [-0.3, -0.25) is 4.72 Å². The van der Waals surface area contributed by atoms with E-state index in [2.05, 4.69) is 4.72 Å². The van der Waals surface area contributed by atoms with Crippen LogP contribution in [-0.2, 0) is 10.0 Å². The van der Waals surface area contributed by atoms with Crippen LogP contribution in [0.3, 0.4) is 0 Å². The predicted molar refractivity (Wildman–Crippen MR) is 82.9 cm³/mol. The molecule has 7 heteroatoms. The van der Waals surface area contributed by atoms with E-state index in [1.807, 2.05) is 13.0 Å². The van der Waals surface area contributed by atoms with Crippen LogP contribution in [0.25, 0.3) is 0 Å². The predicted octanol–water partition coefficient (Wildman–Crippen LogP) is 3.68. The van der Waals surface area contributed by atoms with Gasteiger partial charge in [-0.15, -0.1) is 0 Å². The zero-order valence-electron chi connectivity index (χ0n) is 10.5. The third kappa shape index (κ3) is 3.17. The van der Waals surface area contributed by atoms with Crippen molar-refractivity contribution in [3.63, 3.8) is 0 Å². The quantitative estimate of drug-likeness (QED) is 0.843. The van der Waals surface area contributed by atoms with Gasteiger partial charge in [0, 0.05) is 11.4 Å². The molecule has 0 aliphatic heterocycles. The minimum Gasteiger partial charge on any atom is -0.399 e. The number of benzene rings is 2. The third-order valence-corrected chi connectivity index (χ3v) is 4.86. The lowest BCUT2D eigenvalue weighted by molar-refractivity contribution is 0.601. The maximum atomic E-state index is 12.3. The zero-order chi connectivity index (χ0) is 14.9. The topological polar surface area (TPSA) is 72.2 Å². The molecule has 0 saturated heterocycles. The number of sulfonamides is 1. The summed E-state index contributed by atoms with van der Waals surface area (Å²) in [5.74, 6) is 0. The number of hydrogen-bond acceptors (Lipinski definition) is 3. The first-order valence-electron chi connectivity index (χ1n) is 5.63. The zero-order valence-corrected chi connectivity index (χ0v) is 12.9. The molecule has 0 amide bonds. The number of nitrogens with two attached hydrogens (primary N) is 1. The van der Waals surface area contributed by atoms with E-state index < -0.39 is 10.0 Å². The van der Waals surface area contributed by atoms with Crippen LogP contribution in [0.5, 0.6) is 0 Å². The first-order valence-corrected chi connectivity index (χ1v) is 7.87. The van der Waals surface area contributed by atoms with E-state index >= 15 is 0 Å². The van der Waals surface area contributed by atoms with E-state index in [1.54, 1.807) is 18.2 Å². The number of hydrogen-bond donors (Lipinski definition) is 2. The molecule has 0 unspecified atom stereocenters. The molecule has 2 aromatic carbocycles. The summed E-state index contributed by atoms with van der Waals surface area (Å²) in [5.41, 5.74) is 7.23. The van der Waals surface area contributed by atoms with E-state index in [0.29, 0.717) is 11.4 Å². The van der Waals surface area contributed by atoms with Crippen molar-refractivity contribution in [1.29, 1.82) is 0 Å². The molecule has 0 aromatic heterocycles. The minimum atomic E-state index is -3.88. The summed E-state index contributed by atoms with van der Waals surface area (Å²) in [7, 11) is -3.88. The number of halogens is 2. The van der Waals surface area contributed by atoms with Crippen LogP contribution >= 0.6 is 23.2 Å². The van der Waals surface area contributed by atoms with E-state index in [4.69, 9.17) is 28.9 Å². The molecule has 0 fully saturated rings. The molecular weight excluding hydrogens is 319 g/mol. The standard InChI is InChI=1S/C13H12Cl2N2O2S/c1-8-3-2-4-10(5-8)17-20(18,19)13-11(14)6-9(16)7-12(13)15/h2-7,17H,16H2,1H3. The second-order valence-corrected chi connectivity index (χ2v) is 6.72. The Morgan fingerprint density at radius 1 is 1.10 bits per heavy atom. The van der Waals surface area contributed by atoms with Crippen molar-refractivity contribution in [2.45, 2.75) is 11.8 Å². The number of anilines is 2. The van der Waals surface area contributed by atoms with Crippen molar-refractivity contribution in [2.24, 2.45) is 0 Å². The molecule has 0 aliphatic rings. The van der Waals surface area contributed by atoms with Gasteiger partial charge in [0.1, 0.15) is 4.90 Å². The summed E-state index contributed by atoms with van der Waals surface area (Å²) >= 11 is 11.9. The van der Waals surface area contributed by atoms with Crippen LogP contribution in [0.15, 0.2) is 41.3 Å². The number of rotatable bonds is 3. The number of nitrogens with one attached hydrogen (secondary N) is 1. The first-order chi connectivity index (χ1) is 9.29. The summed E-state index contributed by atoms with van der Waals surface area (Å²) in [5, 5.41) is -0.0368. The Morgan fingerprint density at radius 2 is 1.70 bits per heavy atom. The van der Waals surface area contributed by atoms with Crippen molar-refractivity contribution in [3.05, 3.63) is 52.0 Å². The van der Waals surface area contributed by atoms with Crippen LogP contribution in [0.1, 0.15) is 5.56 Å². The SMILES string of the molecule is Cc1cccc(NS(=O)(=O)c2c(Cl)cc(N)cc2Cl)c1. The fourth-order valence-corrected chi connectivity index (χ4v) is 4.03. The van der Waals surface area contributed by atoms with Crippen molar-refractivity contribution >= 4 is 44.6 Å².